The van der Waals surface area contributed by atoms with Gasteiger partial charge in [0.1, 0.15) is 18.6 Å². The van der Waals surface area contributed by atoms with Crippen molar-refractivity contribution in [2.75, 3.05) is 18.7 Å². The maximum atomic E-state index is 11.0. The Labute approximate surface area is 96.0 Å². The van der Waals surface area contributed by atoms with E-state index in [4.69, 9.17) is 15.5 Å². The van der Waals surface area contributed by atoms with Crippen LogP contribution in [-0.2, 0) is 9.30 Å². The predicted molar refractivity (Wildman–Crippen MR) is 59.0 cm³/mol. The zero-order valence-electron chi connectivity index (χ0n) is 8.58. The molecule has 0 aliphatic carbocycles. The van der Waals surface area contributed by atoms with Crippen LogP contribution < -0.4 is 11.3 Å². The Balaban J connectivity index is 2.55. The number of ether oxygens (including phenoxy) is 1. The second kappa shape index (κ2) is 5.61. The number of aromatic amines is 1. The molecule has 0 aliphatic heterocycles. The van der Waals surface area contributed by atoms with Crippen LogP contribution in [0.3, 0.4) is 0 Å². The summed E-state index contributed by atoms with van der Waals surface area (Å²) >= 11 is 0. The van der Waals surface area contributed by atoms with E-state index in [0.29, 0.717) is 0 Å². The van der Waals surface area contributed by atoms with Crippen molar-refractivity contribution in [1.82, 2.24) is 9.97 Å². The third kappa shape index (κ3) is 5.85. The van der Waals surface area contributed by atoms with E-state index in [1.54, 1.807) is 0 Å². The largest absolute Gasteiger partial charge is 0.369 e. The van der Waals surface area contributed by atoms with Gasteiger partial charge < -0.3 is 20.3 Å². The molecule has 0 unspecified atom stereocenters. The minimum atomic E-state index is -4.17. The molecule has 1 heterocycles. The quantitative estimate of drug-likeness (QED) is 0.305. The van der Waals surface area contributed by atoms with Gasteiger partial charge in [0.2, 0.25) is 5.95 Å². The van der Waals surface area contributed by atoms with Gasteiger partial charge in [-0.05, 0) is 5.92 Å². The van der Waals surface area contributed by atoms with Crippen LogP contribution in [0.5, 0.6) is 0 Å². The van der Waals surface area contributed by atoms with Gasteiger partial charge in [-0.2, -0.15) is 0 Å². The van der Waals surface area contributed by atoms with Crippen LogP contribution in [0.1, 0.15) is 5.69 Å². The molecular formula is C8H10N3O5P. The number of anilines is 1. The molecular weight excluding hydrogens is 249 g/mol. The van der Waals surface area contributed by atoms with E-state index in [0.717, 1.165) is 6.07 Å². The van der Waals surface area contributed by atoms with Gasteiger partial charge in [-0.15, -0.1) is 0 Å². The molecule has 92 valence electrons. The summed E-state index contributed by atoms with van der Waals surface area (Å²) in [7, 11) is -4.17. The Morgan fingerprint density at radius 2 is 2.29 bits per heavy atom. The van der Waals surface area contributed by atoms with Crippen LogP contribution in [0.2, 0.25) is 0 Å². The van der Waals surface area contributed by atoms with E-state index < -0.39 is 19.5 Å². The average Bonchev–Trinajstić information content (AvgIpc) is 2.13. The molecule has 0 aromatic carbocycles. The fraction of sp³-hybridized carbons (Fsp3) is 0.250. The molecule has 8 nitrogen and oxygen atoms in total. The fourth-order valence-corrected chi connectivity index (χ4v) is 1.21. The normalized spacial score (nSPS) is 10.7. The fourth-order valence-electron chi connectivity index (χ4n) is 0.883. The number of nitrogens with two attached hydrogens (primary N) is 1. The second-order valence-electron chi connectivity index (χ2n) is 2.96. The van der Waals surface area contributed by atoms with Crippen molar-refractivity contribution in [2.24, 2.45) is 0 Å². The average molecular weight is 259 g/mol. The monoisotopic (exact) mass is 259 g/mol. The zero-order valence-corrected chi connectivity index (χ0v) is 9.48. The summed E-state index contributed by atoms with van der Waals surface area (Å²) in [6.45, 7) is -0.181. The maximum absolute atomic E-state index is 11.0. The molecule has 0 amide bonds. The molecule has 1 aromatic rings. The van der Waals surface area contributed by atoms with Gasteiger partial charge in [0, 0.05) is 6.07 Å². The van der Waals surface area contributed by atoms with Crippen LogP contribution in [0.15, 0.2) is 10.9 Å². The predicted octanol–water partition coefficient (Wildman–Crippen LogP) is -1.14. The number of rotatable bonds is 3. The van der Waals surface area contributed by atoms with Crippen molar-refractivity contribution in [1.29, 1.82) is 0 Å². The number of nitrogens with one attached hydrogen (secondary N) is 1. The Morgan fingerprint density at radius 1 is 1.59 bits per heavy atom. The van der Waals surface area contributed by atoms with E-state index in [2.05, 4.69) is 26.5 Å². The summed E-state index contributed by atoms with van der Waals surface area (Å²) in [6, 6.07) is 1.15. The van der Waals surface area contributed by atoms with E-state index in [1.165, 1.54) is 0 Å². The zero-order chi connectivity index (χ0) is 12.9. The molecule has 0 radical (unpaired) electrons. The molecule has 0 atom stereocenters. The number of nitrogen functional groups attached to an aromatic ring is 1. The lowest BCUT2D eigenvalue weighted by molar-refractivity contribution is 0.189. The highest BCUT2D eigenvalue weighted by molar-refractivity contribution is 7.51. The molecule has 17 heavy (non-hydrogen) atoms. The minimum Gasteiger partial charge on any atom is -0.369 e. The van der Waals surface area contributed by atoms with Crippen molar-refractivity contribution in [3.8, 4) is 11.8 Å². The van der Waals surface area contributed by atoms with E-state index in [-0.39, 0.29) is 18.2 Å². The van der Waals surface area contributed by atoms with Gasteiger partial charge >= 0.3 is 7.60 Å². The third-order valence-electron chi connectivity index (χ3n) is 1.41. The van der Waals surface area contributed by atoms with Crippen LogP contribution in [-0.4, -0.2) is 32.7 Å². The van der Waals surface area contributed by atoms with Gasteiger partial charge in [0.15, 0.2) is 0 Å². The van der Waals surface area contributed by atoms with Crippen LogP contribution in [0.4, 0.5) is 5.95 Å². The van der Waals surface area contributed by atoms with Crippen LogP contribution in [0.25, 0.3) is 0 Å². The number of H-pyrrole nitrogens is 1. The summed E-state index contributed by atoms with van der Waals surface area (Å²) < 4.78 is 15.0. The van der Waals surface area contributed by atoms with Gasteiger partial charge in [0.25, 0.3) is 5.56 Å². The Bertz CT molecular complexity index is 552. The van der Waals surface area contributed by atoms with Crippen LogP contribution >= 0.6 is 7.60 Å². The molecule has 5 N–H and O–H groups in total. The first-order chi connectivity index (χ1) is 7.87. The summed E-state index contributed by atoms with van der Waals surface area (Å²) in [5.74, 6) is 4.86. The summed E-state index contributed by atoms with van der Waals surface area (Å²) in [6.07, 6.45) is -0.702. The van der Waals surface area contributed by atoms with Crippen molar-refractivity contribution in [3.05, 3.63) is 22.1 Å². The van der Waals surface area contributed by atoms with E-state index in [1.807, 2.05) is 0 Å². The Kier molecular flexibility index (Phi) is 4.43. The van der Waals surface area contributed by atoms with Crippen molar-refractivity contribution in [3.63, 3.8) is 0 Å². The van der Waals surface area contributed by atoms with E-state index in [9.17, 15) is 9.36 Å². The smallest absolute Gasteiger partial charge is 0.351 e. The molecule has 9 heteroatoms. The highest BCUT2D eigenvalue weighted by atomic mass is 31.2. The standard InChI is InChI=1S/C8H10N3O5P/c9-8-10-6(4-7(12)11-8)2-1-3-16-5-17(13,14)15/h4H,3,5H2,(H2,13,14,15)(H3,9,10,11,12). The van der Waals surface area contributed by atoms with Crippen molar-refractivity contribution >= 4 is 13.5 Å². The maximum Gasteiger partial charge on any atom is 0.351 e. The molecule has 0 saturated carbocycles. The molecule has 0 fully saturated rings. The van der Waals surface area contributed by atoms with Crippen molar-refractivity contribution < 1.29 is 19.1 Å². The highest BCUT2D eigenvalue weighted by Crippen LogP contribution is 2.33. The number of aromatic nitrogens is 2. The molecule has 1 rings (SSSR count). The van der Waals surface area contributed by atoms with Crippen LogP contribution in [0, 0.1) is 11.8 Å². The highest BCUT2D eigenvalue weighted by Gasteiger charge is 2.11. The lowest BCUT2D eigenvalue weighted by Gasteiger charge is -2.00. The lowest BCUT2D eigenvalue weighted by Crippen LogP contribution is -2.10. The molecule has 0 bridgehead atoms. The number of hydrogen-bond acceptors (Lipinski definition) is 5. The Morgan fingerprint density at radius 3 is 2.88 bits per heavy atom. The first kappa shape index (κ1) is 13.4. The molecule has 0 aliphatic rings. The molecule has 0 spiro atoms. The lowest BCUT2D eigenvalue weighted by atomic mass is 10.4. The first-order valence-electron chi connectivity index (χ1n) is 4.35. The molecule has 1 aromatic heterocycles. The van der Waals surface area contributed by atoms with Gasteiger partial charge in [-0.3, -0.25) is 14.3 Å². The van der Waals surface area contributed by atoms with E-state index >= 15 is 0 Å². The van der Waals surface area contributed by atoms with Gasteiger partial charge in [0.05, 0.1) is 0 Å². The minimum absolute atomic E-state index is 0.0575. The number of hydrogen-bond donors (Lipinski definition) is 4. The van der Waals surface area contributed by atoms with Gasteiger partial charge in [-0.1, -0.05) is 5.92 Å². The third-order valence-corrected chi connectivity index (χ3v) is 1.93. The summed E-state index contributed by atoms with van der Waals surface area (Å²) in [4.78, 5) is 33.9. The Hall–Kier alpha value is -1.65. The first-order valence-corrected chi connectivity index (χ1v) is 6.14. The van der Waals surface area contributed by atoms with Crippen molar-refractivity contribution in [2.45, 2.75) is 0 Å². The second-order valence-corrected chi connectivity index (χ2v) is 4.55. The van der Waals surface area contributed by atoms with Gasteiger partial charge in [-0.25, -0.2) is 4.98 Å². The summed E-state index contributed by atoms with van der Waals surface area (Å²) in [5.41, 5.74) is 5.00. The topological polar surface area (TPSA) is 139 Å². The molecule has 0 saturated heterocycles. The summed E-state index contributed by atoms with van der Waals surface area (Å²) in [5, 5.41) is 0. The number of nitrogens with zero attached hydrogens (tertiary/aromatic N) is 1. The SMILES string of the molecule is Nc1nc(C#CCOCP(=O)(O)O)cc(=O)[nH]1.